The van der Waals surface area contributed by atoms with E-state index in [-0.39, 0.29) is 31.1 Å². The molecule has 1 fully saturated rings. The number of ether oxygens (including phenoxy) is 1. The fourth-order valence-corrected chi connectivity index (χ4v) is 3.02. The van der Waals surface area contributed by atoms with Gasteiger partial charge in [-0.25, -0.2) is 13.2 Å². The number of anilines is 1. The van der Waals surface area contributed by atoms with Crippen LogP contribution >= 0.6 is 0 Å². The van der Waals surface area contributed by atoms with Crippen molar-refractivity contribution in [2.75, 3.05) is 18.6 Å². The Morgan fingerprint density at radius 1 is 1.19 bits per heavy atom. The largest absolute Gasteiger partial charge is 0.496 e. The van der Waals surface area contributed by atoms with E-state index < -0.39 is 29.3 Å². The summed E-state index contributed by atoms with van der Waals surface area (Å²) >= 11 is 0. The van der Waals surface area contributed by atoms with Gasteiger partial charge in [0.1, 0.15) is 5.75 Å². The summed E-state index contributed by atoms with van der Waals surface area (Å²) in [6.45, 7) is 0.0889. The molecule has 1 aliphatic heterocycles. The van der Waals surface area contributed by atoms with Crippen molar-refractivity contribution in [3.8, 4) is 5.75 Å². The summed E-state index contributed by atoms with van der Waals surface area (Å²) < 4.78 is 45.7. The van der Waals surface area contributed by atoms with E-state index in [4.69, 9.17) is 4.74 Å². The van der Waals surface area contributed by atoms with E-state index in [0.29, 0.717) is 5.75 Å². The molecule has 1 aliphatic rings. The minimum atomic E-state index is -1.65. The van der Waals surface area contributed by atoms with Gasteiger partial charge in [0.15, 0.2) is 17.5 Å². The molecule has 0 saturated carbocycles. The molecular weight excluding hydrogens is 361 g/mol. The zero-order valence-electron chi connectivity index (χ0n) is 14.5. The SMILES string of the molecule is COc1ccccc1CNC(=O)C1CC(=O)N(c2ccc(F)c(F)c2F)C1. The third-order valence-electron chi connectivity index (χ3n) is 4.45. The molecule has 1 saturated heterocycles. The number of nitrogens with one attached hydrogen (secondary N) is 1. The molecule has 0 bridgehead atoms. The van der Waals surface area contributed by atoms with Gasteiger partial charge in [-0.3, -0.25) is 9.59 Å². The molecular formula is C19H17F3N2O3. The summed E-state index contributed by atoms with van der Waals surface area (Å²) in [5.41, 5.74) is 0.389. The number of carbonyl (C=O) groups excluding carboxylic acids is 2. The molecule has 0 aromatic heterocycles. The van der Waals surface area contributed by atoms with Crippen LogP contribution in [0.25, 0.3) is 0 Å². The van der Waals surface area contributed by atoms with Crippen LogP contribution in [0.3, 0.4) is 0 Å². The number of amides is 2. The van der Waals surface area contributed by atoms with Gasteiger partial charge in [-0.2, -0.15) is 0 Å². The number of halogens is 3. The smallest absolute Gasteiger partial charge is 0.227 e. The standard InChI is InChI=1S/C19H17F3N2O3/c1-27-15-5-3-2-4-11(15)9-23-19(26)12-8-16(25)24(10-12)14-7-6-13(20)17(21)18(14)22/h2-7,12H,8-10H2,1H3,(H,23,26). The molecule has 0 spiro atoms. The van der Waals surface area contributed by atoms with Crippen LogP contribution in [0.1, 0.15) is 12.0 Å². The lowest BCUT2D eigenvalue weighted by molar-refractivity contribution is -0.126. The maximum Gasteiger partial charge on any atom is 0.227 e. The minimum Gasteiger partial charge on any atom is -0.496 e. The summed E-state index contributed by atoms with van der Waals surface area (Å²) in [7, 11) is 1.52. The van der Waals surface area contributed by atoms with Gasteiger partial charge >= 0.3 is 0 Å². The molecule has 1 N–H and O–H groups in total. The number of hydrogen-bond donors (Lipinski definition) is 1. The number of methoxy groups -OCH3 is 1. The first-order chi connectivity index (χ1) is 12.9. The van der Waals surface area contributed by atoms with Crippen LogP contribution in [-0.2, 0) is 16.1 Å². The highest BCUT2D eigenvalue weighted by Crippen LogP contribution is 2.29. The number of rotatable bonds is 5. The summed E-state index contributed by atoms with van der Waals surface area (Å²) in [5, 5.41) is 2.72. The Balaban J connectivity index is 1.68. The fourth-order valence-electron chi connectivity index (χ4n) is 3.02. The van der Waals surface area contributed by atoms with Crippen molar-refractivity contribution in [3.63, 3.8) is 0 Å². The van der Waals surface area contributed by atoms with E-state index in [1.807, 2.05) is 0 Å². The van der Waals surface area contributed by atoms with Crippen molar-refractivity contribution >= 4 is 17.5 Å². The van der Waals surface area contributed by atoms with Crippen LogP contribution in [0.5, 0.6) is 5.75 Å². The monoisotopic (exact) mass is 378 g/mol. The van der Waals surface area contributed by atoms with Gasteiger partial charge in [0, 0.05) is 25.1 Å². The highest BCUT2D eigenvalue weighted by molar-refractivity contribution is 6.00. The van der Waals surface area contributed by atoms with E-state index in [1.54, 1.807) is 24.3 Å². The lowest BCUT2D eigenvalue weighted by atomic mass is 10.1. The third kappa shape index (κ3) is 3.74. The van der Waals surface area contributed by atoms with Gasteiger partial charge < -0.3 is 15.0 Å². The molecule has 0 aliphatic carbocycles. The minimum absolute atomic E-state index is 0.113. The molecule has 0 radical (unpaired) electrons. The summed E-state index contributed by atoms with van der Waals surface area (Å²) in [4.78, 5) is 25.5. The number of carbonyl (C=O) groups is 2. The average Bonchev–Trinajstić information content (AvgIpc) is 3.06. The van der Waals surface area contributed by atoms with Crippen LogP contribution in [0.15, 0.2) is 36.4 Å². The Labute approximate surface area is 153 Å². The molecule has 1 heterocycles. The molecule has 2 aromatic rings. The van der Waals surface area contributed by atoms with Crippen LogP contribution in [0.4, 0.5) is 18.9 Å². The molecule has 1 unspecified atom stereocenters. The summed E-state index contributed by atoms with van der Waals surface area (Å²) in [6, 6.07) is 8.89. The number of benzene rings is 2. The number of hydrogen-bond acceptors (Lipinski definition) is 3. The van der Waals surface area contributed by atoms with Gasteiger partial charge in [-0.1, -0.05) is 18.2 Å². The molecule has 27 heavy (non-hydrogen) atoms. The summed E-state index contributed by atoms with van der Waals surface area (Å²) in [6.07, 6.45) is -0.143. The van der Waals surface area contributed by atoms with E-state index in [2.05, 4.69) is 5.32 Å². The van der Waals surface area contributed by atoms with Gasteiger partial charge in [0.05, 0.1) is 18.7 Å². The second-order valence-electron chi connectivity index (χ2n) is 6.13. The van der Waals surface area contributed by atoms with Crippen molar-refractivity contribution in [2.24, 2.45) is 5.92 Å². The quantitative estimate of drug-likeness (QED) is 0.814. The number of nitrogens with zero attached hydrogens (tertiary/aromatic N) is 1. The molecule has 2 aromatic carbocycles. The van der Waals surface area contributed by atoms with Crippen molar-refractivity contribution < 1.29 is 27.5 Å². The second-order valence-corrected chi connectivity index (χ2v) is 6.13. The maximum atomic E-state index is 13.9. The Bertz CT molecular complexity index is 888. The Hall–Kier alpha value is -3.03. The van der Waals surface area contributed by atoms with Crippen molar-refractivity contribution in [1.82, 2.24) is 5.32 Å². The second kappa shape index (κ2) is 7.69. The van der Waals surface area contributed by atoms with E-state index in [1.165, 1.54) is 7.11 Å². The summed E-state index contributed by atoms with van der Waals surface area (Å²) in [5.74, 6) is -5.46. The molecule has 5 nitrogen and oxygen atoms in total. The molecule has 142 valence electrons. The zero-order valence-corrected chi connectivity index (χ0v) is 14.5. The van der Waals surface area contributed by atoms with Crippen molar-refractivity contribution in [2.45, 2.75) is 13.0 Å². The van der Waals surface area contributed by atoms with Gasteiger partial charge in [-0.05, 0) is 18.2 Å². The lowest BCUT2D eigenvalue weighted by Crippen LogP contribution is -2.33. The molecule has 1 atom stereocenters. The van der Waals surface area contributed by atoms with Crippen LogP contribution < -0.4 is 15.0 Å². The Kier molecular flexibility index (Phi) is 5.34. The maximum absolute atomic E-state index is 13.9. The highest BCUT2D eigenvalue weighted by atomic mass is 19.2. The van der Waals surface area contributed by atoms with Crippen LogP contribution in [0, 0.1) is 23.4 Å². The van der Waals surface area contributed by atoms with Crippen molar-refractivity contribution in [3.05, 3.63) is 59.4 Å². The van der Waals surface area contributed by atoms with Crippen LogP contribution in [0.2, 0.25) is 0 Å². The van der Waals surface area contributed by atoms with Crippen molar-refractivity contribution in [1.29, 1.82) is 0 Å². The molecule has 8 heteroatoms. The third-order valence-corrected chi connectivity index (χ3v) is 4.45. The highest BCUT2D eigenvalue weighted by Gasteiger charge is 2.37. The molecule has 3 rings (SSSR count). The topological polar surface area (TPSA) is 58.6 Å². The van der Waals surface area contributed by atoms with Gasteiger partial charge in [0.25, 0.3) is 0 Å². The number of para-hydroxylation sites is 1. The Morgan fingerprint density at radius 2 is 1.93 bits per heavy atom. The first-order valence-electron chi connectivity index (χ1n) is 8.25. The van der Waals surface area contributed by atoms with Crippen LogP contribution in [-0.4, -0.2) is 25.5 Å². The lowest BCUT2D eigenvalue weighted by Gasteiger charge is -2.18. The predicted octanol–water partition coefficient (Wildman–Crippen LogP) is 2.78. The van der Waals surface area contributed by atoms with Gasteiger partial charge in [0.2, 0.25) is 11.8 Å². The van der Waals surface area contributed by atoms with E-state index >= 15 is 0 Å². The van der Waals surface area contributed by atoms with E-state index in [0.717, 1.165) is 22.6 Å². The van der Waals surface area contributed by atoms with E-state index in [9.17, 15) is 22.8 Å². The fraction of sp³-hybridized carbons (Fsp3) is 0.263. The Morgan fingerprint density at radius 3 is 2.67 bits per heavy atom. The normalized spacial score (nSPS) is 16.5. The first kappa shape index (κ1) is 18.8. The molecule has 2 amide bonds. The zero-order chi connectivity index (χ0) is 19.6. The van der Waals surface area contributed by atoms with Gasteiger partial charge in [-0.15, -0.1) is 0 Å². The predicted molar refractivity (Wildman–Crippen MR) is 91.6 cm³/mol. The first-order valence-corrected chi connectivity index (χ1v) is 8.25. The average molecular weight is 378 g/mol.